The monoisotopic (exact) mass is 374 g/mol. The Kier molecular flexibility index (Phi) is 6.10. The van der Waals surface area contributed by atoms with Crippen LogP contribution in [-0.4, -0.2) is 37.1 Å². The summed E-state index contributed by atoms with van der Waals surface area (Å²) in [5, 5.41) is 13.6. The Labute approximate surface area is 155 Å². The van der Waals surface area contributed by atoms with Crippen LogP contribution in [0.3, 0.4) is 0 Å². The number of nitro groups is 1. The molecule has 142 valence electrons. The molecule has 7 nitrogen and oxygen atoms in total. The first kappa shape index (κ1) is 18.9. The lowest BCUT2D eigenvalue weighted by molar-refractivity contribution is -0.921. The number of carbonyl (C=O) groups is 1. The molecule has 8 heteroatoms. The lowest BCUT2D eigenvalue weighted by Crippen LogP contribution is -3.12. The highest BCUT2D eigenvalue weighted by Gasteiger charge is 2.19. The maximum atomic E-state index is 13.4. The van der Waals surface area contributed by atoms with Crippen LogP contribution in [0.15, 0.2) is 42.5 Å². The van der Waals surface area contributed by atoms with E-state index in [1.165, 1.54) is 11.0 Å². The highest BCUT2D eigenvalue weighted by molar-refractivity contribution is 5.94. The number of amides is 1. The first-order valence-electron chi connectivity index (χ1n) is 8.75. The van der Waals surface area contributed by atoms with Crippen LogP contribution >= 0.6 is 0 Å². The zero-order valence-electron chi connectivity index (χ0n) is 14.7. The summed E-state index contributed by atoms with van der Waals surface area (Å²) < 4.78 is 18.8. The molecule has 0 spiro atoms. The molecule has 0 saturated carbocycles. The van der Waals surface area contributed by atoms with Crippen molar-refractivity contribution >= 4 is 11.6 Å². The number of nitrogens with one attached hydrogen (secondary N) is 2. The van der Waals surface area contributed by atoms with Gasteiger partial charge in [-0.1, -0.05) is 24.3 Å². The van der Waals surface area contributed by atoms with Crippen molar-refractivity contribution in [3.8, 4) is 0 Å². The van der Waals surface area contributed by atoms with Crippen LogP contribution in [0.2, 0.25) is 0 Å². The first-order chi connectivity index (χ1) is 13.0. The molecule has 1 saturated heterocycles. The van der Waals surface area contributed by atoms with Gasteiger partial charge in [0, 0.05) is 23.7 Å². The molecule has 0 aliphatic carbocycles. The van der Waals surface area contributed by atoms with E-state index in [9.17, 15) is 19.3 Å². The van der Waals surface area contributed by atoms with Gasteiger partial charge in [0.25, 0.3) is 5.91 Å². The van der Waals surface area contributed by atoms with Crippen molar-refractivity contribution in [2.75, 3.05) is 26.3 Å². The minimum Gasteiger partial charge on any atom is -0.370 e. The molecule has 2 aromatic carbocycles. The summed E-state index contributed by atoms with van der Waals surface area (Å²) in [7, 11) is 0. The molecule has 0 unspecified atom stereocenters. The van der Waals surface area contributed by atoms with Gasteiger partial charge in [0.1, 0.15) is 19.6 Å². The van der Waals surface area contributed by atoms with Crippen LogP contribution in [0.4, 0.5) is 10.1 Å². The predicted octanol–water partition coefficient (Wildman–Crippen LogP) is 1.08. The normalized spacial score (nSPS) is 14.7. The maximum absolute atomic E-state index is 13.4. The van der Waals surface area contributed by atoms with E-state index in [4.69, 9.17) is 4.74 Å². The van der Waals surface area contributed by atoms with Crippen molar-refractivity contribution in [2.45, 2.75) is 13.1 Å². The summed E-state index contributed by atoms with van der Waals surface area (Å²) in [6.45, 7) is 4.52. The summed E-state index contributed by atoms with van der Waals surface area (Å²) in [4.78, 5) is 23.7. The maximum Gasteiger partial charge on any atom is 0.305 e. The summed E-state index contributed by atoms with van der Waals surface area (Å²) >= 11 is 0. The average Bonchev–Trinajstić information content (AvgIpc) is 2.68. The molecular formula is C19H21FN3O4+. The topological polar surface area (TPSA) is 85.9 Å². The second-order valence-corrected chi connectivity index (χ2v) is 6.41. The zero-order valence-corrected chi connectivity index (χ0v) is 14.7. The molecule has 1 heterocycles. The van der Waals surface area contributed by atoms with Gasteiger partial charge < -0.3 is 15.0 Å². The molecule has 1 aliphatic rings. The number of rotatable bonds is 6. The number of carbonyl (C=O) groups excluding carboxylic acids is 1. The highest BCUT2D eigenvalue weighted by atomic mass is 19.1. The van der Waals surface area contributed by atoms with Crippen molar-refractivity contribution in [2.24, 2.45) is 0 Å². The predicted molar refractivity (Wildman–Crippen MR) is 95.9 cm³/mol. The molecule has 0 atom stereocenters. The van der Waals surface area contributed by atoms with E-state index in [0.717, 1.165) is 56.1 Å². The lowest BCUT2D eigenvalue weighted by atomic mass is 10.1. The third kappa shape index (κ3) is 4.87. The summed E-state index contributed by atoms with van der Waals surface area (Å²) in [6.07, 6.45) is 0. The Morgan fingerprint density at radius 1 is 1.19 bits per heavy atom. The molecule has 1 fully saturated rings. The first-order valence-corrected chi connectivity index (χ1v) is 8.75. The van der Waals surface area contributed by atoms with E-state index < -0.39 is 22.3 Å². The van der Waals surface area contributed by atoms with Crippen LogP contribution in [0, 0.1) is 15.9 Å². The van der Waals surface area contributed by atoms with E-state index in [-0.39, 0.29) is 5.56 Å². The molecule has 0 radical (unpaired) electrons. The smallest absolute Gasteiger partial charge is 0.305 e. The minimum atomic E-state index is -0.963. The SMILES string of the molecule is O=C(NCc1ccccc1C[NH+]1CCOCC1)c1ccc(F)c([N+](=O)[O-])c1. The average molecular weight is 374 g/mol. The molecule has 2 N–H and O–H groups in total. The fourth-order valence-corrected chi connectivity index (χ4v) is 3.08. The van der Waals surface area contributed by atoms with Crippen LogP contribution < -0.4 is 10.2 Å². The Hall–Kier alpha value is -2.84. The van der Waals surface area contributed by atoms with Crippen LogP contribution in [0.5, 0.6) is 0 Å². The number of ether oxygens (including phenoxy) is 1. The molecule has 1 amide bonds. The van der Waals surface area contributed by atoms with Gasteiger partial charge in [-0.05, 0) is 17.7 Å². The van der Waals surface area contributed by atoms with Gasteiger partial charge in [-0.2, -0.15) is 4.39 Å². The van der Waals surface area contributed by atoms with E-state index >= 15 is 0 Å². The number of benzene rings is 2. The summed E-state index contributed by atoms with van der Waals surface area (Å²) in [5.41, 5.74) is 1.47. The molecule has 0 aromatic heterocycles. The molecule has 27 heavy (non-hydrogen) atoms. The van der Waals surface area contributed by atoms with Crippen molar-refractivity contribution in [1.29, 1.82) is 0 Å². The Morgan fingerprint density at radius 3 is 2.59 bits per heavy atom. The van der Waals surface area contributed by atoms with E-state index in [0.29, 0.717) is 6.54 Å². The Morgan fingerprint density at radius 2 is 1.89 bits per heavy atom. The lowest BCUT2D eigenvalue weighted by Gasteiger charge is -2.24. The highest BCUT2D eigenvalue weighted by Crippen LogP contribution is 2.18. The fraction of sp³-hybridized carbons (Fsp3) is 0.316. The van der Waals surface area contributed by atoms with E-state index in [1.54, 1.807) is 0 Å². The number of morpholine rings is 1. The largest absolute Gasteiger partial charge is 0.370 e. The van der Waals surface area contributed by atoms with Crippen LogP contribution in [-0.2, 0) is 17.8 Å². The van der Waals surface area contributed by atoms with Gasteiger partial charge >= 0.3 is 5.69 Å². The van der Waals surface area contributed by atoms with Gasteiger partial charge in [0.05, 0.1) is 18.1 Å². The van der Waals surface area contributed by atoms with Gasteiger partial charge in [-0.25, -0.2) is 0 Å². The van der Waals surface area contributed by atoms with Crippen molar-refractivity contribution < 1.29 is 23.7 Å². The number of nitro benzene ring substituents is 1. The third-order valence-corrected chi connectivity index (χ3v) is 4.60. The molecule has 2 aromatic rings. The zero-order chi connectivity index (χ0) is 19.2. The van der Waals surface area contributed by atoms with E-state index in [1.807, 2.05) is 24.3 Å². The Balaban J connectivity index is 1.67. The third-order valence-electron chi connectivity index (χ3n) is 4.60. The van der Waals surface area contributed by atoms with Gasteiger partial charge in [-0.3, -0.25) is 14.9 Å². The fourth-order valence-electron chi connectivity index (χ4n) is 3.08. The number of nitrogens with zero attached hydrogens (tertiary/aromatic N) is 1. The van der Waals surface area contributed by atoms with Crippen molar-refractivity contribution in [3.05, 3.63) is 75.1 Å². The standard InChI is InChI=1S/C19H20FN3O4/c20-17-6-5-14(11-18(17)23(25)26)19(24)21-12-15-3-1-2-4-16(15)13-22-7-9-27-10-8-22/h1-6,11H,7-10,12-13H2,(H,21,24)/p+1. The second kappa shape index (κ2) is 8.70. The number of hydrogen-bond donors (Lipinski definition) is 2. The second-order valence-electron chi connectivity index (χ2n) is 6.41. The summed E-state index contributed by atoms with van der Waals surface area (Å²) in [5.74, 6) is -1.44. The van der Waals surface area contributed by atoms with E-state index in [2.05, 4.69) is 5.32 Å². The van der Waals surface area contributed by atoms with Crippen molar-refractivity contribution in [3.63, 3.8) is 0 Å². The van der Waals surface area contributed by atoms with Gasteiger partial charge in [0.15, 0.2) is 0 Å². The number of hydrogen-bond acceptors (Lipinski definition) is 4. The Bertz CT molecular complexity index is 837. The van der Waals surface area contributed by atoms with Crippen molar-refractivity contribution in [1.82, 2.24) is 5.32 Å². The minimum absolute atomic E-state index is 0.0550. The summed E-state index contributed by atoms with van der Waals surface area (Å²) in [6, 6.07) is 11.0. The van der Waals surface area contributed by atoms with Gasteiger partial charge in [-0.15, -0.1) is 0 Å². The molecule has 3 rings (SSSR count). The van der Waals surface area contributed by atoms with Gasteiger partial charge in [0.2, 0.25) is 5.82 Å². The quantitative estimate of drug-likeness (QED) is 0.585. The van der Waals surface area contributed by atoms with Crippen LogP contribution in [0.25, 0.3) is 0 Å². The molecular weight excluding hydrogens is 353 g/mol. The number of quaternary nitrogens is 1. The van der Waals surface area contributed by atoms with Crippen LogP contribution in [0.1, 0.15) is 21.5 Å². The number of halogens is 1. The molecule has 1 aliphatic heterocycles. The molecule has 0 bridgehead atoms.